The molecule has 1 rings (SSSR count). The molecule has 74 valence electrons. The van der Waals surface area contributed by atoms with Crippen molar-refractivity contribution in [3.8, 4) is 11.8 Å². The predicted octanol–water partition coefficient (Wildman–Crippen LogP) is 0.162. The van der Waals surface area contributed by atoms with Crippen molar-refractivity contribution in [3.05, 3.63) is 0 Å². The van der Waals surface area contributed by atoms with Crippen molar-refractivity contribution in [2.45, 2.75) is 25.8 Å². The van der Waals surface area contributed by atoms with Gasteiger partial charge in [-0.15, -0.1) is 11.8 Å². The summed E-state index contributed by atoms with van der Waals surface area (Å²) in [5.41, 5.74) is 5.82. The lowest BCUT2D eigenvalue weighted by Crippen LogP contribution is -2.30. The Morgan fingerprint density at radius 1 is 1.62 bits per heavy atom. The summed E-state index contributed by atoms with van der Waals surface area (Å²) < 4.78 is 22.3. The molecule has 3 nitrogen and oxygen atoms in total. The third kappa shape index (κ3) is 3.02. The van der Waals surface area contributed by atoms with Gasteiger partial charge in [0.2, 0.25) is 0 Å². The Bertz CT molecular complexity index is 323. The van der Waals surface area contributed by atoms with Gasteiger partial charge in [-0.1, -0.05) is 0 Å². The fourth-order valence-electron chi connectivity index (χ4n) is 1.55. The summed E-state index contributed by atoms with van der Waals surface area (Å²) >= 11 is 0. The third-order valence-electron chi connectivity index (χ3n) is 2.39. The molecule has 1 fully saturated rings. The van der Waals surface area contributed by atoms with Gasteiger partial charge >= 0.3 is 0 Å². The number of hydrogen-bond acceptors (Lipinski definition) is 3. The van der Waals surface area contributed by atoms with Gasteiger partial charge in [-0.2, -0.15) is 0 Å². The molecule has 1 saturated heterocycles. The topological polar surface area (TPSA) is 60.2 Å². The lowest BCUT2D eigenvalue weighted by Gasteiger charge is -2.14. The largest absolute Gasteiger partial charge is 0.327 e. The van der Waals surface area contributed by atoms with Crippen LogP contribution in [0.1, 0.15) is 19.8 Å². The quantitative estimate of drug-likeness (QED) is 0.647. The van der Waals surface area contributed by atoms with E-state index in [2.05, 4.69) is 11.8 Å². The second kappa shape index (κ2) is 4.12. The Hall–Kier alpha value is -0.530. The van der Waals surface area contributed by atoms with E-state index < -0.39 is 9.84 Å². The minimum Gasteiger partial charge on any atom is -0.327 e. The first kappa shape index (κ1) is 10.6. The van der Waals surface area contributed by atoms with Crippen LogP contribution >= 0.6 is 0 Å². The highest BCUT2D eigenvalue weighted by Gasteiger charge is 2.31. The number of hydrogen-bond donors (Lipinski definition) is 1. The van der Waals surface area contributed by atoms with Crippen molar-refractivity contribution in [1.29, 1.82) is 0 Å². The SMILES string of the molecule is CC#CCC(N)C1CCS(=O)(=O)C1. The molecule has 13 heavy (non-hydrogen) atoms. The van der Waals surface area contributed by atoms with E-state index in [4.69, 9.17) is 5.73 Å². The third-order valence-corrected chi connectivity index (χ3v) is 4.18. The molecule has 0 saturated carbocycles. The summed E-state index contributed by atoms with van der Waals surface area (Å²) in [5, 5.41) is 0. The molecule has 4 heteroatoms. The van der Waals surface area contributed by atoms with E-state index in [1.807, 2.05) is 0 Å². The van der Waals surface area contributed by atoms with Crippen LogP contribution in [0.25, 0.3) is 0 Å². The Kier molecular flexibility index (Phi) is 3.34. The monoisotopic (exact) mass is 201 g/mol. The molecule has 0 aliphatic carbocycles. The molecule has 0 aromatic carbocycles. The molecular formula is C9H15NO2S. The number of rotatable bonds is 2. The molecule has 2 unspecified atom stereocenters. The normalized spacial score (nSPS) is 27.7. The zero-order valence-electron chi connectivity index (χ0n) is 7.79. The maximum absolute atomic E-state index is 11.1. The van der Waals surface area contributed by atoms with Crippen LogP contribution in [0.4, 0.5) is 0 Å². The highest BCUT2D eigenvalue weighted by atomic mass is 32.2. The average molecular weight is 201 g/mol. The maximum Gasteiger partial charge on any atom is 0.150 e. The molecule has 0 radical (unpaired) electrons. The summed E-state index contributed by atoms with van der Waals surface area (Å²) in [5.74, 6) is 6.31. The summed E-state index contributed by atoms with van der Waals surface area (Å²) in [4.78, 5) is 0. The fraction of sp³-hybridized carbons (Fsp3) is 0.778. The van der Waals surface area contributed by atoms with Crippen LogP contribution in [-0.4, -0.2) is 26.0 Å². The molecule has 1 aliphatic heterocycles. The van der Waals surface area contributed by atoms with Crippen molar-refractivity contribution in [3.63, 3.8) is 0 Å². The van der Waals surface area contributed by atoms with Gasteiger partial charge in [-0.3, -0.25) is 0 Å². The van der Waals surface area contributed by atoms with Gasteiger partial charge in [0.1, 0.15) is 0 Å². The van der Waals surface area contributed by atoms with Gasteiger partial charge in [0, 0.05) is 12.5 Å². The Balaban J connectivity index is 2.49. The van der Waals surface area contributed by atoms with Gasteiger partial charge in [0.05, 0.1) is 11.5 Å². The second-order valence-electron chi connectivity index (χ2n) is 3.46. The Morgan fingerprint density at radius 2 is 2.31 bits per heavy atom. The maximum atomic E-state index is 11.1. The van der Waals surface area contributed by atoms with E-state index in [0.717, 1.165) is 0 Å². The zero-order chi connectivity index (χ0) is 9.90. The van der Waals surface area contributed by atoms with Crippen LogP contribution in [-0.2, 0) is 9.84 Å². The smallest absolute Gasteiger partial charge is 0.150 e. The van der Waals surface area contributed by atoms with E-state index in [9.17, 15) is 8.42 Å². The van der Waals surface area contributed by atoms with Crippen LogP contribution in [0.15, 0.2) is 0 Å². The zero-order valence-corrected chi connectivity index (χ0v) is 8.60. The fourth-order valence-corrected chi connectivity index (χ4v) is 3.44. The highest BCUT2D eigenvalue weighted by molar-refractivity contribution is 7.91. The van der Waals surface area contributed by atoms with Crippen LogP contribution < -0.4 is 5.73 Å². The first-order valence-corrected chi connectivity index (χ1v) is 6.23. The molecule has 1 heterocycles. The molecule has 2 N–H and O–H groups in total. The van der Waals surface area contributed by atoms with Gasteiger partial charge in [-0.05, 0) is 19.3 Å². The van der Waals surface area contributed by atoms with Crippen molar-refractivity contribution in [1.82, 2.24) is 0 Å². The van der Waals surface area contributed by atoms with Crippen LogP contribution in [0.2, 0.25) is 0 Å². The molecule has 2 atom stereocenters. The lowest BCUT2D eigenvalue weighted by molar-refractivity contribution is 0.471. The predicted molar refractivity (Wildman–Crippen MR) is 52.8 cm³/mol. The molecular weight excluding hydrogens is 186 g/mol. The van der Waals surface area contributed by atoms with E-state index >= 15 is 0 Å². The standard InChI is InChI=1S/C9H15NO2S/c1-2-3-4-9(10)8-5-6-13(11,12)7-8/h8-9H,4-7,10H2,1H3. The minimum absolute atomic E-state index is 0.0790. The van der Waals surface area contributed by atoms with Crippen molar-refractivity contribution < 1.29 is 8.42 Å². The number of nitrogens with two attached hydrogens (primary N) is 1. The molecule has 1 aliphatic rings. The molecule has 0 aromatic rings. The second-order valence-corrected chi connectivity index (χ2v) is 5.69. The van der Waals surface area contributed by atoms with Gasteiger partial charge in [-0.25, -0.2) is 8.42 Å². The van der Waals surface area contributed by atoms with Gasteiger partial charge in [0.15, 0.2) is 9.84 Å². The minimum atomic E-state index is -2.79. The number of sulfone groups is 1. The van der Waals surface area contributed by atoms with E-state index in [-0.39, 0.29) is 17.7 Å². The molecule has 0 spiro atoms. The molecule has 0 aromatic heterocycles. The summed E-state index contributed by atoms with van der Waals surface area (Å²) in [6, 6.07) is -0.0790. The van der Waals surface area contributed by atoms with E-state index in [0.29, 0.717) is 18.6 Å². The Morgan fingerprint density at radius 3 is 2.77 bits per heavy atom. The molecule has 0 amide bonds. The van der Waals surface area contributed by atoms with E-state index in [1.165, 1.54) is 0 Å². The summed E-state index contributed by atoms with van der Waals surface area (Å²) in [7, 11) is -2.79. The highest BCUT2D eigenvalue weighted by Crippen LogP contribution is 2.21. The van der Waals surface area contributed by atoms with Crippen molar-refractivity contribution in [2.75, 3.05) is 11.5 Å². The first-order chi connectivity index (χ1) is 6.05. The average Bonchev–Trinajstić information content (AvgIpc) is 2.42. The van der Waals surface area contributed by atoms with E-state index in [1.54, 1.807) is 6.92 Å². The van der Waals surface area contributed by atoms with Crippen LogP contribution in [0.5, 0.6) is 0 Å². The van der Waals surface area contributed by atoms with Crippen molar-refractivity contribution >= 4 is 9.84 Å². The van der Waals surface area contributed by atoms with Crippen molar-refractivity contribution in [2.24, 2.45) is 11.7 Å². The van der Waals surface area contributed by atoms with Gasteiger partial charge in [0.25, 0.3) is 0 Å². The van der Waals surface area contributed by atoms with Crippen LogP contribution in [0.3, 0.4) is 0 Å². The summed E-state index contributed by atoms with van der Waals surface area (Å²) in [6.45, 7) is 1.76. The van der Waals surface area contributed by atoms with Crippen LogP contribution in [0, 0.1) is 17.8 Å². The van der Waals surface area contributed by atoms with Gasteiger partial charge < -0.3 is 5.73 Å². The lowest BCUT2D eigenvalue weighted by atomic mass is 9.98. The first-order valence-electron chi connectivity index (χ1n) is 4.41. The molecule has 0 bridgehead atoms. The Labute approximate surface area is 79.6 Å². The summed E-state index contributed by atoms with van der Waals surface area (Å²) in [6.07, 6.45) is 1.31.